The maximum atomic E-state index is 4.10. The molecule has 1 saturated carbocycles. The maximum Gasteiger partial charge on any atom is 0.0410 e. The van der Waals surface area contributed by atoms with Crippen LogP contribution < -0.4 is 5.32 Å². The van der Waals surface area contributed by atoms with Gasteiger partial charge in [-0.1, -0.05) is 6.92 Å². The molecule has 1 N–H and O–H groups in total. The number of hydrogen-bond acceptors (Lipinski definition) is 3. The third-order valence-electron chi connectivity index (χ3n) is 3.07. The van der Waals surface area contributed by atoms with Gasteiger partial charge in [0.25, 0.3) is 0 Å². The van der Waals surface area contributed by atoms with E-state index in [1.807, 2.05) is 6.20 Å². The molecule has 78 valence electrons. The Morgan fingerprint density at radius 3 is 2.86 bits per heavy atom. The van der Waals surface area contributed by atoms with Gasteiger partial charge in [-0.3, -0.25) is 0 Å². The molecule has 0 saturated heterocycles. The van der Waals surface area contributed by atoms with Crippen molar-refractivity contribution in [2.75, 3.05) is 0 Å². The fraction of sp³-hybridized carbons (Fsp3) is 0.727. The summed E-state index contributed by atoms with van der Waals surface area (Å²) < 4.78 is 4.10. The first-order valence-electron chi connectivity index (χ1n) is 5.47. The minimum atomic E-state index is 0.744. The minimum absolute atomic E-state index is 0.744. The lowest BCUT2D eigenvalue weighted by Gasteiger charge is -2.26. The van der Waals surface area contributed by atoms with Crippen molar-refractivity contribution in [3.05, 3.63) is 17.1 Å². The summed E-state index contributed by atoms with van der Waals surface area (Å²) in [5.74, 6) is 0.941. The molecule has 0 atom stereocenters. The highest BCUT2D eigenvalue weighted by molar-refractivity contribution is 7.05. The number of aromatic nitrogens is 1. The standard InChI is InChI=1S/C11H18N2S/c1-9-2-4-10(5-3-9)12-8-11-6-7-13-14-11/h6-7,9-10,12H,2-5,8H2,1H3. The van der Waals surface area contributed by atoms with Crippen molar-refractivity contribution in [1.29, 1.82) is 0 Å². The van der Waals surface area contributed by atoms with Crippen molar-refractivity contribution in [2.45, 2.75) is 45.2 Å². The highest BCUT2D eigenvalue weighted by Crippen LogP contribution is 2.23. The summed E-state index contributed by atoms with van der Waals surface area (Å²) in [6, 6.07) is 2.84. The van der Waals surface area contributed by atoms with Crippen LogP contribution in [0.1, 0.15) is 37.5 Å². The van der Waals surface area contributed by atoms with Crippen LogP contribution in [0.25, 0.3) is 0 Å². The molecule has 0 amide bonds. The van der Waals surface area contributed by atoms with Crippen LogP contribution in [0.4, 0.5) is 0 Å². The molecule has 0 aromatic carbocycles. The molecule has 0 bridgehead atoms. The lowest BCUT2D eigenvalue weighted by molar-refractivity contribution is 0.307. The van der Waals surface area contributed by atoms with E-state index in [0.717, 1.165) is 18.5 Å². The Bertz CT molecular complexity index is 250. The Hall–Kier alpha value is -0.410. The summed E-state index contributed by atoms with van der Waals surface area (Å²) in [6.45, 7) is 3.36. The van der Waals surface area contributed by atoms with E-state index >= 15 is 0 Å². The van der Waals surface area contributed by atoms with Crippen LogP contribution in [0.5, 0.6) is 0 Å². The average molecular weight is 210 g/mol. The topological polar surface area (TPSA) is 24.9 Å². The van der Waals surface area contributed by atoms with Crippen LogP contribution in [-0.4, -0.2) is 10.4 Å². The SMILES string of the molecule is CC1CCC(NCc2ccns2)CC1. The Balaban J connectivity index is 1.71. The molecule has 0 spiro atoms. The first kappa shape index (κ1) is 10.1. The van der Waals surface area contributed by atoms with E-state index in [2.05, 4.69) is 22.7 Å². The molecular formula is C11H18N2S. The van der Waals surface area contributed by atoms with Crippen molar-refractivity contribution >= 4 is 11.5 Å². The molecule has 1 aliphatic carbocycles. The lowest BCUT2D eigenvalue weighted by Crippen LogP contribution is -2.31. The average Bonchev–Trinajstić information content (AvgIpc) is 2.70. The highest BCUT2D eigenvalue weighted by Gasteiger charge is 2.17. The van der Waals surface area contributed by atoms with E-state index in [9.17, 15) is 0 Å². The largest absolute Gasteiger partial charge is 0.309 e. The van der Waals surface area contributed by atoms with Gasteiger partial charge in [-0.2, -0.15) is 0 Å². The molecule has 14 heavy (non-hydrogen) atoms. The van der Waals surface area contributed by atoms with E-state index in [1.54, 1.807) is 11.5 Å². The van der Waals surface area contributed by atoms with Gasteiger partial charge in [-0.25, -0.2) is 4.37 Å². The Kier molecular flexibility index (Phi) is 3.54. The predicted molar refractivity (Wildman–Crippen MR) is 60.4 cm³/mol. The first-order chi connectivity index (χ1) is 6.84. The normalized spacial score (nSPS) is 27.8. The van der Waals surface area contributed by atoms with E-state index in [-0.39, 0.29) is 0 Å². The van der Waals surface area contributed by atoms with E-state index in [0.29, 0.717) is 0 Å². The van der Waals surface area contributed by atoms with Crippen molar-refractivity contribution in [3.63, 3.8) is 0 Å². The lowest BCUT2D eigenvalue weighted by atomic mass is 9.87. The Morgan fingerprint density at radius 2 is 2.21 bits per heavy atom. The van der Waals surface area contributed by atoms with Crippen LogP contribution in [-0.2, 0) is 6.54 Å². The quantitative estimate of drug-likeness (QED) is 0.830. The summed E-state index contributed by atoms with van der Waals surface area (Å²) in [5, 5.41) is 3.61. The summed E-state index contributed by atoms with van der Waals surface area (Å²) in [4.78, 5) is 1.35. The van der Waals surface area contributed by atoms with E-state index in [1.165, 1.54) is 30.6 Å². The molecule has 1 aromatic rings. The molecule has 2 rings (SSSR count). The van der Waals surface area contributed by atoms with E-state index in [4.69, 9.17) is 0 Å². The number of rotatable bonds is 3. The second-order valence-electron chi connectivity index (χ2n) is 4.32. The fourth-order valence-corrected chi connectivity index (χ4v) is 2.57. The molecule has 3 heteroatoms. The van der Waals surface area contributed by atoms with Crippen LogP contribution in [0.3, 0.4) is 0 Å². The molecule has 1 fully saturated rings. The first-order valence-corrected chi connectivity index (χ1v) is 6.25. The van der Waals surface area contributed by atoms with Gasteiger partial charge in [-0.05, 0) is 49.2 Å². The van der Waals surface area contributed by atoms with Gasteiger partial charge in [0.05, 0.1) is 0 Å². The van der Waals surface area contributed by atoms with Gasteiger partial charge in [0.1, 0.15) is 0 Å². The van der Waals surface area contributed by atoms with Crippen LogP contribution in [0.15, 0.2) is 12.3 Å². The zero-order chi connectivity index (χ0) is 9.80. The zero-order valence-corrected chi connectivity index (χ0v) is 9.52. The van der Waals surface area contributed by atoms with E-state index < -0.39 is 0 Å². The molecule has 0 aliphatic heterocycles. The summed E-state index contributed by atoms with van der Waals surface area (Å²) in [7, 11) is 0. The minimum Gasteiger partial charge on any atom is -0.309 e. The van der Waals surface area contributed by atoms with Crippen LogP contribution >= 0.6 is 11.5 Å². The van der Waals surface area contributed by atoms with Gasteiger partial charge < -0.3 is 5.32 Å². The highest BCUT2D eigenvalue weighted by atomic mass is 32.1. The van der Waals surface area contributed by atoms with Crippen molar-refractivity contribution in [1.82, 2.24) is 9.69 Å². The van der Waals surface area contributed by atoms with Gasteiger partial charge in [0.2, 0.25) is 0 Å². The third-order valence-corrected chi connectivity index (χ3v) is 3.81. The maximum absolute atomic E-state index is 4.10. The van der Waals surface area contributed by atoms with Crippen molar-refractivity contribution in [2.24, 2.45) is 5.92 Å². The van der Waals surface area contributed by atoms with Crippen LogP contribution in [0.2, 0.25) is 0 Å². The molecule has 1 aromatic heterocycles. The van der Waals surface area contributed by atoms with Crippen LogP contribution in [0, 0.1) is 5.92 Å². The number of nitrogens with one attached hydrogen (secondary N) is 1. The summed E-state index contributed by atoms with van der Waals surface area (Å²) >= 11 is 1.60. The molecule has 1 heterocycles. The van der Waals surface area contributed by atoms with Crippen molar-refractivity contribution in [3.8, 4) is 0 Å². The molecule has 2 nitrogen and oxygen atoms in total. The second-order valence-corrected chi connectivity index (χ2v) is 5.23. The van der Waals surface area contributed by atoms with Crippen molar-refractivity contribution < 1.29 is 0 Å². The third kappa shape index (κ3) is 2.79. The summed E-state index contributed by atoms with van der Waals surface area (Å²) in [5.41, 5.74) is 0. The number of hydrogen-bond donors (Lipinski definition) is 1. The monoisotopic (exact) mass is 210 g/mol. The fourth-order valence-electron chi connectivity index (χ4n) is 2.04. The molecule has 0 radical (unpaired) electrons. The molecule has 1 aliphatic rings. The van der Waals surface area contributed by atoms with Gasteiger partial charge >= 0.3 is 0 Å². The van der Waals surface area contributed by atoms with Gasteiger partial charge in [0.15, 0.2) is 0 Å². The van der Waals surface area contributed by atoms with Gasteiger partial charge in [-0.15, -0.1) is 0 Å². The number of nitrogens with zero attached hydrogens (tertiary/aromatic N) is 1. The van der Waals surface area contributed by atoms with Gasteiger partial charge in [0, 0.05) is 23.7 Å². The predicted octanol–water partition coefficient (Wildman–Crippen LogP) is 2.81. The Morgan fingerprint density at radius 1 is 1.43 bits per heavy atom. The smallest absolute Gasteiger partial charge is 0.0410 e. The molecule has 0 unspecified atom stereocenters. The second kappa shape index (κ2) is 4.89. The summed E-state index contributed by atoms with van der Waals surface area (Å²) in [6.07, 6.45) is 7.35. The Labute approximate surface area is 89.9 Å². The molecular weight excluding hydrogens is 192 g/mol. The zero-order valence-electron chi connectivity index (χ0n) is 8.70.